The van der Waals surface area contributed by atoms with Crippen molar-refractivity contribution in [1.29, 1.82) is 0 Å². The molecule has 4 heteroatoms. The summed E-state index contributed by atoms with van der Waals surface area (Å²) in [5.74, 6) is 1.23. The van der Waals surface area contributed by atoms with Gasteiger partial charge in [-0.15, -0.1) is 0 Å². The van der Waals surface area contributed by atoms with Gasteiger partial charge >= 0.3 is 0 Å². The fraction of sp³-hybridized carbons (Fsp3) is 0.909. The fourth-order valence-corrected chi connectivity index (χ4v) is 3.86. The van der Waals surface area contributed by atoms with Crippen LogP contribution >= 0.6 is 0 Å². The number of ether oxygens (including phenoxy) is 3. The van der Waals surface area contributed by atoms with Crippen LogP contribution in [0.15, 0.2) is 12.2 Å². The van der Waals surface area contributed by atoms with Gasteiger partial charge in [0.1, 0.15) is 0 Å². The quantitative estimate of drug-likeness (QED) is 0.517. The van der Waals surface area contributed by atoms with E-state index in [1.54, 1.807) is 14.2 Å². The maximum absolute atomic E-state index is 6.33. The molecule has 1 heterocycles. The molecule has 1 atom stereocenters. The lowest BCUT2D eigenvalue weighted by Gasteiger charge is -2.44. The van der Waals surface area contributed by atoms with Crippen molar-refractivity contribution in [1.82, 2.24) is 5.32 Å². The van der Waals surface area contributed by atoms with Crippen molar-refractivity contribution >= 4 is 0 Å². The van der Waals surface area contributed by atoms with Gasteiger partial charge in [-0.2, -0.15) is 0 Å². The Hall–Kier alpha value is -0.420. The molecule has 1 spiro atoms. The van der Waals surface area contributed by atoms with E-state index in [2.05, 4.69) is 44.3 Å². The van der Waals surface area contributed by atoms with Crippen LogP contribution in [0.4, 0.5) is 0 Å². The van der Waals surface area contributed by atoms with Gasteiger partial charge < -0.3 is 19.5 Å². The van der Waals surface area contributed by atoms with Gasteiger partial charge in [-0.3, -0.25) is 0 Å². The molecule has 26 heavy (non-hydrogen) atoms. The molecule has 1 N–H and O–H groups in total. The van der Waals surface area contributed by atoms with Gasteiger partial charge in [-0.25, -0.2) is 0 Å². The summed E-state index contributed by atoms with van der Waals surface area (Å²) >= 11 is 0. The van der Waals surface area contributed by atoms with Gasteiger partial charge in [0.15, 0.2) is 5.79 Å². The molecule has 1 saturated carbocycles. The van der Waals surface area contributed by atoms with Crippen LogP contribution in [0.5, 0.6) is 0 Å². The molecule has 0 amide bonds. The molecule has 2 rings (SSSR count). The molecular weight excluding hydrogens is 326 g/mol. The minimum atomic E-state index is -0.275. The molecule has 0 aromatic heterocycles. The van der Waals surface area contributed by atoms with Crippen LogP contribution < -0.4 is 5.32 Å². The Balaban J connectivity index is 0.00000105. The Bertz CT molecular complexity index is 412. The summed E-state index contributed by atoms with van der Waals surface area (Å²) in [6.07, 6.45) is 5.85. The van der Waals surface area contributed by atoms with Gasteiger partial charge in [-0.05, 0) is 50.0 Å². The Morgan fingerprint density at radius 1 is 1.27 bits per heavy atom. The molecule has 1 aliphatic carbocycles. The third-order valence-corrected chi connectivity index (χ3v) is 6.27. The molecule has 2 fully saturated rings. The highest BCUT2D eigenvalue weighted by atomic mass is 16.7. The summed E-state index contributed by atoms with van der Waals surface area (Å²) in [4.78, 5) is 0. The molecule has 0 aromatic rings. The topological polar surface area (TPSA) is 39.7 Å². The van der Waals surface area contributed by atoms with Crippen molar-refractivity contribution in [2.45, 2.75) is 78.6 Å². The average molecular weight is 370 g/mol. The summed E-state index contributed by atoms with van der Waals surface area (Å²) < 4.78 is 16.7. The first-order valence-electron chi connectivity index (χ1n) is 10.2. The summed E-state index contributed by atoms with van der Waals surface area (Å²) in [5.41, 5.74) is 1.59. The third-order valence-electron chi connectivity index (χ3n) is 6.27. The lowest BCUT2D eigenvalue weighted by atomic mass is 9.64. The Morgan fingerprint density at radius 2 is 1.85 bits per heavy atom. The van der Waals surface area contributed by atoms with E-state index in [-0.39, 0.29) is 11.9 Å². The largest absolute Gasteiger partial charge is 0.388 e. The molecule has 0 aromatic carbocycles. The maximum atomic E-state index is 6.33. The van der Waals surface area contributed by atoms with Gasteiger partial charge in [0, 0.05) is 33.6 Å². The van der Waals surface area contributed by atoms with Crippen LogP contribution in [-0.4, -0.2) is 45.8 Å². The molecule has 2 aliphatic rings. The molecule has 154 valence electrons. The van der Waals surface area contributed by atoms with Crippen LogP contribution in [0.25, 0.3) is 0 Å². The van der Waals surface area contributed by atoms with Crippen molar-refractivity contribution in [2.75, 3.05) is 33.9 Å². The number of rotatable bonds is 7. The molecule has 1 saturated heterocycles. The van der Waals surface area contributed by atoms with Crippen LogP contribution in [0.2, 0.25) is 0 Å². The smallest absolute Gasteiger partial charge is 0.168 e. The lowest BCUT2D eigenvalue weighted by Crippen LogP contribution is -2.41. The van der Waals surface area contributed by atoms with Crippen molar-refractivity contribution in [3.05, 3.63) is 12.2 Å². The van der Waals surface area contributed by atoms with E-state index >= 15 is 0 Å². The number of hydrogen-bond acceptors (Lipinski definition) is 4. The van der Waals surface area contributed by atoms with Crippen LogP contribution in [0, 0.1) is 17.3 Å². The fourth-order valence-electron chi connectivity index (χ4n) is 3.86. The van der Waals surface area contributed by atoms with Gasteiger partial charge in [0.2, 0.25) is 0 Å². The minimum Gasteiger partial charge on any atom is -0.388 e. The van der Waals surface area contributed by atoms with Crippen LogP contribution in [0.1, 0.15) is 66.7 Å². The summed E-state index contributed by atoms with van der Waals surface area (Å²) in [7, 11) is 3.25. The highest BCUT2D eigenvalue weighted by molar-refractivity contribution is 4.92. The second-order valence-corrected chi connectivity index (χ2v) is 9.04. The first-order chi connectivity index (χ1) is 12.2. The standard InChI is InChI=1S/C20H37NO2.C2H6O/c1-15(2)13-21-12-9-18-14-22-20(23-18)10-7-17(8-11-20)19(5,6)16(3)4;1-3-2/h16-18,21H,1,7-14H2,2-6H3;1-2H3. The second kappa shape index (κ2) is 10.8. The minimum absolute atomic E-state index is 0.252. The molecule has 4 nitrogen and oxygen atoms in total. The average Bonchev–Trinajstić information content (AvgIpc) is 2.95. The number of nitrogens with one attached hydrogen (secondary N) is 1. The normalized spacial score (nSPS) is 28.9. The van der Waals surface area contributed by atoms with Crippen molar-refractivity contribution in [2.24, 2.45) is 17.3 Å². The molecule has 1 aliphatic heterocycles. The first-order valence-corrected chi connectivity index (χ1v) is 10.2. The SMILES string of the molecule is C=C(C)CNCCC1COC2(CCC(C(C)(C)C(C)C)CC2)O1.COC. The Morgan fingerprint density at radius 3 is 2.35 bits per heavy atom. The van der Waals surface area contributed by atoms with Crippen molar-refractivity contribution in [3.63, 3.8) is 0 Å². The molecular formula is C22H43NO3. The van der Waals surface area contributed by atoms with Crippen LogP contribution in [0.3, 0.4) is 0 Å². The Kier molecular flexibility index (Phi) is 9.81. The predicted octanol–water partition coefficient (Wildman–Crippen LogP) is 4.79. The molecule has 0 radical (unpaired) electrons. The molecule has 0 bridgehead atoms. The first kappa shape index (κ1) is 23.6. The zero-order chi connectivity index (χ0) is 19.8. The van der Waals surface area contributed by atoms with Crippen molar-refractivity contribution in [3.8, 4) is 0 Å². The van der Waals surface area contributed by atoms with Gasteiger partial charge in [-0.1, -0.05) is 39.8 Å². The molecule has 1 unspecified atom stereocenters. The summed E-state index contributed by atoms with van der Waals surface area (Å²) in [6, 6.07) is 0. The monoisotopic (exact) mass is 369 g/mol. The van der Waals surface area contributed by atoms with Gasteiger partial charge in [0.25, 0.3) is 0 Å². The zero-order valence-corrected chi connectivity index (χ0v) is 18.3. The Labute approximate surface area is 162 Å². The lowest BCUT2D eigenvalue weighted by molar-refractivity contribution is -0.198. The summed E-state index contributed by atoms with van der Waals surface area (Å²) in [5, 5.41) is 3.41. The van der Waals surface area contributed by atoms with Crippen molar-refractivity contribution < 1.29 is 14.2 Å². The number of methoxy groups -OCH3 is 1. The highest BCUT2D eigenvalue weighted by Crippen LogP contribution is 2.48. The summed E-state index contributed by atoms with van der Waals surface area (Å²) in [6.45, 7) is 18.1. The third kappa shape index (κ3) is 6.95. The zero-order valence-electron chi connectivity index (χ0n) is 18.3. The van der Waals surface area contributed by atoms with Crippen LogP contribution in [-0.2, 0) is 14.2 Å². The van der Waals surface area contributed by atoms with E-state index < -0.39 is 0 Å². The highest BCUT2D eigenvalue weighted by Gasteiger charge is 2.46. The van der Waals surface area contributed by atoms with Gasteiger partial charge in [0.05, 0.1) is 12.7 Å². The predicted molar refractivity (Wildman–Crippen MR) is 109 cm³/mol. The van der Waals surface area contributed by atoms with E-state index in [9.17, 15) is 0 Å². The second-order valence-electron chi connectivity index (χ2n) is 9.04. The van der Waals surface area contributed by atoms with E-state index in [1.807, 2.05) is 6.92 Å². The van der Waals surface area contributed by atoms with E-state index in [0.29, 0.717) is 5.41 Å². The van der Waals surface area contributed by atoms with E-state index in [1.165, 1.54) is 18.4 Å². The number of hydrogen-bond donors (Lipinski definition) is 1. The van der Waals surface area contributed by atoms with E-state index in [0.717, 1.165) is 50.8 Å². The van der Waals surface area contributed by atoms with E-state index in [4.69, 9.17) is 9.47 Å². The maximum Gasteiger partial charge on any atom is 0.168 e.